The van der Waals surface area contributed by atoms with Gasteiger partial charge < -0.3 is 10.6 Å². The molecule has 0 bridgehead atoms. The molecule has 1 aromatic carbocycles. The van der Waals surface area contributed by atoms with Crippen molar-refractivity contribution in [3.8, 4) is 0 Å². The molecule has 0 aliphatic rings. The van der Waals surface area contributed by atoms with Gasteiger partial charge in [-0.25, -0.2) is 0 Å². The summed E-state index contributed by atoms with van der Waals surface area (Å²) in [4.78, 5) is 0. The van der Waals surface area contributed by atoms with E-state index in [-0.39, 0.29) is 0 Å². The van der Waals surface area contributed by atoms with Gasteiger partial charge in [0.25, 0.3) is 0 Å². The molecule has 0 aliphatic heterocycles. The van der Waals surface area contributed by atoms with Crippen molar-refractivity contribution in [3.63, 3.8) is 0 Å². The number of hydrogen-bond donors (Lipinski definition) is 2. The molecule has 0 radical (unpaired) electrons. The first-order valence-electron chi connectivity index (χ1n) is 5.90. The summed E-state index contributed by atoms with van der Waals surface area (Å²) >= 11 is 5.21. The molecule has 0 saturated heterocycles. The van der Waals surface area contributed by atoms with Crippen LogP contribution in [0.4, 0.5) is 5.82 Å². The summed E-state index contributed by atoms with van der Waals surface area (Å²) in [6, 6.07) is 12.0. The van der Waals surface area contributed by atoms with E-state index in [0.29, 0.717) is 11.7 Å². The summed E-state index contributed by atoms with van der Waals surface area (Å²) < 4.78 is 1.85. The highest BCUT2D eigenvalue weighted by atomic mass is 32.1. The molecule has 0 atom stereocenters. The number of benzene rings is 1. The minimum Gasteiger partial charge on any atom is -0.358 e. The summed E-state index contributed by atoms with van der Waals surface area (Å²) in [5.74, 6) is 0.766. The first-order chi connectivity index (χ1) is 8.78. The Bertz CT molecular complexity index is 507. The molecule has 18 heavy (non-hydrogen) atoms. The van der Waals surface area contributed by atoms with Gasteiger partial charge in [0.1, 0.15) is 0 Å². The fourth-order valence-electron chi connectivity index (χ4n) is 1.54. The summed E-state index contributed by atoms with van der Waals surface area (Å²) in [6.07, 6.45) is 1.92. The minimum absolute atomic E-state index is 0.584. The number of aromatic nitrogens is 2. The Morgan fingerprint density at radius 1 is 1.28 bits per heavy atom. The van der Waals surface area contributed by atoms with Crippen LogP contribution in [0.1, 0.15) is 12.5 Å². The minimum atomic E-state index is 0.584. The highest BCUT2D eigenvalue weighted by Crippen LogP contribution is 2.02. The first-order valence-corrected chi connectivity index (χ1v) is 6.31. The van der Waals surface area contributed by atoms with Gasteiger partial charge in [-0.2, -0.15) is 5.10 Å². The van der Waals surface area contributed by atoms with Crippen LogP contribution < -0.4 is 10.6 Å². The van der Waals surface area contributed by atoms with Crippen LogP contribution in [0.15, 0.2) is 42.6 Å². The summed E-state index contributed by atoms with van der Waals surface area (Å²) in [6.45, 7) is 3.61. The molecule has 94 valence electrons. The lowest BCUT2D eigenvalue weighted by Gasteiger charge is -2.08. The largest absolute Gasteiger partial charge is 0.358 e. The molecule has 2 aromatic rings. The quantitative estimate of drug-likeness (QED) is 0.828. The van der Waals surface area contributed by atoms with Gasteiger partial charge in [-0.3, -0.25) is 4.68 Å². The van der Waals surface area contributed by atoms with Crippen molar-refractivity contribution in [1.82, 2.24) is 15.1 Å². The Morgan fingerprint density at radius 2 is 2.06 bits per heavy atom. The predicted octanol–water partition coefficient (Wildman–Crippen LogP) is 2.39. The number of aryl methyl sites for hydroxylation is 1. The topological polar surface area (TPSA) is 41.9 Å². The lowest BCUT2D eigenvalue weighted by molar-refractivity contribution is 0.662. The molecule has 0 fully saturated rings. The monoisotopic (exact) mass is 260 g/mol. The number of anilines is 1. The average molecular weight is 260 g/mol. The molecule has 1 heterocycles. The fraction of sp³-hybridized carbons (Fsp3) is 0.231. The zero-order valence-corrected chi connectivity index (χ0v) is 11.1. The van der Waals surface area contributed by atoms with Gasteiger partial charge >= 0.3 is 0 Å². The SMILES string of the molecule is CCn1ccc(NC(=S)NCc2ccccc2)n1. The van der Waals surface area contributed by atoms with Crippen molar-refractivity contribution < 1.29 is 0 Å². The zero-order chi connectivity index (χ0) is 12.8. The molecule has 0 aliphatic carbocycles. The Hall–Kier alpha value is -1.88. The van der Waals surface area contributed by atoms with Gasteiger partial charge in [0.05, 0.1) is 0 Å². The van der Waals surface area contributed by atoms with E-state index < -0.39 is 0 Å². The molecule has 0 amide bonds. The Balaban J connectivity index is 1.82. The number of thiocarbonyl (C=S) groups is 1. The van der Waals surface area contributed by atoms with Crippen LogP contribution in [0.2, 0.25) is 0 Å². The molecule has 0 unspecified atom stereocenters. The molecular formula is C13H16N4S. The number of hydrogen-bond acceptors (Lipinski definition) is 2. The van der Waals surface area contributed by atoms with E-state index in [1.807, 2.05) is 42.1 Å². The highest BCUT2D eigenvalue weighted by molar-refractivity contribution is 7.80. The van der Waals surface area contributed by atoms with Crippen molar-refractivity contribution in [1.29, 1.82) is 0 Å². The highest BCUT2D eigenvalue weighted by Gasteiger charge is 2.00. The van der Waals surface area contributed by atoms with E-state index in [4.69, 9.17) is 12.2 Å². The third kappa shape index (κ3) is 3.56. The maximum atomic E-state index is 5.21. The smallest absolute Gasteiger partial charge is 0.172 e. The van der Waals surface area contributed by atoms with Crippen LogP contribution in [0.3, 0.4) is 0 Å². The molecule has 0 saturated carbocycles. The van der Waals surface area contributed by atoms with Crippen molar-refractivity contribution in [2.75, 3.05) is 5.32 Å². The third-order valence-electron chi connectivity index (χ3n) is 2.50. The summed E-state index contributed by atoms with van der Waals surface area (Å²) in [5.41, 5.74) is 1.20. The number of nitrogens with one attached hydrogen (secondary N) is 2. The van der Waals surface area contributed by atoms with Crippen molar-refractivity contribution in [2.24, 2.45) is 0 Å². The number of nitrogens with zero attached hydrogens (tertiary/aromatic N) is 2. The molecule has 4 nitrogen and oxygen atoms in total. The molecule has 2 N–H and O–H groups in total. The van der Waals surface area contributed by atoms with E-state index in [1.165, 1.54) is 5.56 Å². The average Bonchev–Trinajstić information content (AvgIpc) is 2.85. The second-order valence-corrected chi connectivity index (χ2v) is 4.26. The lowest BCUT2D eigenvalue weighted by atomic mass is 10.2. The second kappa shape index (κ2) is 6.16. The van der Waals surface area contributed by atoms with E-state index in [2.05, 4.69) is 27.9 Å². The van der Waals surface area contributed by atoms with Crippen LogP contribution in [-0.2, 0) is 13.1 Å². The molecule has 5 heteroatoms. The van der Waals surface area contributed by atoms with E-state index in [1.54, 1.807) is 0 Å². The zero-order valence-electron chi connectivity index (χ0n) is 10.3. The Labute approximate surface area is 112 Å². The van der Waals surface area contributed by atoms with Crippen molar-refractivity contribution in [2.45, 2.75) is 20.0 Å². The molecule has 1 aromatic heterocycles. The summed E-state index contributed by atoms with van der Waals surface area (Å²) in [7, 11) is 0. The Morgan fingerprint density at radius 3 is 2.72 bits per heavy atom. The maximum absolute atomic E-state index is 5.21. The van der Waals surface area contributed by atoms with Crippen molar-refractivity contribution in [3.05, 3.63) is 48.2 Å². The normalized spacial score (nSPS) is 10.1. The molecule has 2 rings (SSSR count). The van der Waals surface area contributed by atoms with E-state index >= 15 is 0 Å². The fourth-order valence-corrected chi connectivity index (χ4v) is 1.72. The Kier molecular flexibility index (Phi) is 4.30. The number of rotatable bonds is 4. The van der Waals surface area contributed by atoms with Gasteiger partial charge in [0.15, 0.2) is 10.9 Å². The van der Waals surface area contributed by atoms with Crippen LogP contribution in [0.5, 0.6) is 0 Å². The maximum Gasteiger partial charge on any atom is 0.172 e. The summed E-state index contributed by atoms with van der Waals surface area (Å²) in [5, 5.41) is 11.1. The van der Waals surface area contributed by atoms with Crippen LogP contribution in [0.25, 0.3) is 0 Å². The first kappa shape index (κ1) is 12.6. The molecular weight excluding hydrogens is 244 g/mol. The standard InChI is InChI=1S/C13H16N4S/c1-2-17-9-8-12(16-17)15-13(18)14-10-11-6-4-3-5-7-11/h3-9H,2,10H2,1H3,(H2,14,15,16,18). The van der Waals surface area contributed by atoms with Gasteiger partial charge in [-0.1, -0.05) is 30.3 Å². The van der Waals surface area contributed by atoms with Gasteiger partial charge in [0.2, 0.25) is 0 Å². The van der Waals surface area contributed by atoms with Crippen molar-refractivity contribution >= 4 is 23.1 Å². The van der Waals surface area contributed by atoms with E-state index in [0.717, 1.165) is 12.4 Å². The molecule has 0 spiro atoms. The van der Waals surface area contributed by atoms with Crippen LogP contribution >= 0.6 is 12.2 Å². The predicted molar refractivity (Wildman–Crippen MR) is 77.4 cm³/mol. The van der Waals surface area contributed by atoms with Gasteiger partial charge in [0, 0.05) is 25.4 Å². The lowest BCUT2D eigenvalue weighted by Crippen LogP contribution is -2.28. The second-order valence-electron chi connectivity index (χ2n) is 3.85. The third-order valence-corrected chi connectivity index (χ3v) is 2.75. The van der Waals surface area contributed by atoms with E-state index in [9.17, 15) is 0 Å². The van der Waals surface area contributed by atoms with Crippen LogP contribution in [-0.4, -0.2) is 14.9 Å². The van der Waals surface area contributed by atoms with Gasteiger partial charge in [-0.15, -0.1) is 0 Å². The van der Waals surface area contributed by atoms with Gasteiger partial charge in [-0.05, 0) is 24.7 Å². The van der Waals surface area contributed by atoms with Crippen LogP contribution in [0, 0.1) is 0 Å².